The Morgan fingerprint density at radius 2 is 1.88 bits per heavy atom. The predicted octanol–water partition coefficient (Wildman–Crippen LogP) is 5.53. The van der Waals surface area contributed by atoms with Gasteiger partial charge < -0.3 is 0 Å². The minimum atomic E-state index is 0.641. The van der Waals surface area contributed by atoms with Crippen LogP contribution in [0.25, 0.3) is 0 Å². The quantitative estimate of drug-likeness (QED) is 0.472. The van der Waals surface area contributed by atoms with E-state index in [4.69, 9.17) is 0 Å². The van der Waals surface area contributed by atoms with E-state index in [9.17, 15) is 0 Å². The first-order valence-corrected chi connectivity index (χ1v) is 6.52. The molecule has 0 aliphatic heterocycles. The zero-order valence-corrected chi connectivity index (χ0v) is 11.5. The summed E-state index contributed by atoms with van der Waals surface area (Å²) in [4.78, 5) is 0. The molecule has 0 aromatic rings. The normalized spacial score (nSPS) is 16.4. The molecule has 0 N–H and O–H groups in total. The molecule has 0 spiro atoms. The van der Waals surface area contributed by atoms with Gasteiger partial charge in [-0.3, -0.25) is 0 Å². The largest absolute Gasteiger partial charge is 0.103 e. The van der Waals surface area contributed by atoms with Crippen LogP contribution in [-0.4, -0.2) is 0 Å². The molecule has 0 aromatic heterocycles. The smallest absolute Gasteiger partial charge is 0.0232 e. The Balaban J connectivity index is 3.86. The Bertz CT molecular complexity index is 232. The fraction of sp³-hybridized carbons (Fsp3) is 0.625. The molecular formula is C16H28. The minimum Gasteiger partial charge on any atom is -0.103 e. The Labute approximate surface area is 102 Å². The van der Waals surface area contributed by atoms with E-state index < -0.39 is 0 Å². The predicted molar refractivity (Wildman–Crippen MR) is 75.6 cm³/mol. The summed E-state index contributed by atoms with van der Waals surface area (Å²) in [5, 5.41) is 0. The maximum atomic E-state index is 3.82. The van der Waals surface area contributed by atoms with Crippen molar-refractivity contribution < 1.29 is 0 Å². The van der Waals surface area contributed by atoms with E-state index in [1.54, 1.807) is 5.57 Å². The molecule has 0 nitrogen and oxygen atoms in total. The van der Waals surface area contributed by atoms with Crippen LogP contribution in [0.3, 0.4) is 0 Å². The maximum absolute atomic E-state index is 3.82. The van der Waals surface area contributed by atoms with Crippen LogP contribution in [-0.2, 0) is 0 Å². The monoisotopic (exact) mass is 220 g/mol. The van der Waals surface area contributed by atoms with Crippen LogP contribution in [0.15, 0.2) is 36.5 Å². The summed E-state index contributed by atoms with van der Waals surface area (Å²) >= 11 is 0. The Morgan fingerprint density at radius 3 is 2.44 bits per heavy atom. The van der Waals surface area contributed by atoms with Crippen molar-refractivity contribution in [1.29, 1.82) is 0 Å². The number of allylic oxidation sites excluding steroid dienone is 5. The van der Waals surface area contributed by atoms with Gasteiger partial charge in [0.05, 0.1) is 0 Å². The van der Waals surface area contributed by atoms with E-state index >= 15 is 0 Å². The van der Waals surface area contributed by atoms with Crippen LogP contribution in [0.2, 0.25) is 0 Å². The maximum Gasteiger partial charge on any atom is -0.0232 e. The average Bonchev–Trinajstić information content (AvgIpc) is 2.28. The van der Waals surface area contributed by atoms with Crippen molar-refractivity contribution in [3.63, 3.8) is 0 Å². The molecule has 0 radical (unpaired) electrons. The summed E-state index contributed by atoms with van der Waals surface area (Å²) in [7, 11) is 0. The van der Waals surface area contributed by atoms with Gasteiger partial charge in [0.25, 0.3) is 0 Å². The Hall–Kier alpha value is -0.780. The van der Waals surface area contributed by atoms with Gasteiger partial charge in [-0.25, -0.2) is 0 Å². The minimum absolute atomic E-state index is 0.641. The molecule has 0 rings (SSSR count). The lowest BCUT2D eigenvalue weighted by Gasteiger charge is -2.11. The van der Waals surface area contributed by atoms with Crippen LogP contribution in [0.4, 0.5) is 0 Å². The molecular weight excluding hydrogens is 192 g/mol. The molecule has 2 unspecified atom stereocenters. The standard InChI is InChI=1S/C16H28/c1-6-8-9-12-15(4)16(5)13-10-11-14(3)7-2/h6-8,13-15H,2,9-12H2,1,3-5H3. The van der Waals surface area contributed by atoms with Crippen LogP contribution in [0.1, 0.15) is 53.4 Å². The van der Waals surface area contributed by atoms with Gasteiger partial charge >= 0.3 is 0 Å². The number of hydrogen-bond acceptors (Lipinski definition) is 0. The van der Waals surface area contributed by atoms with Gasteiger partial charge in [0, 0.05) is 0 Å². The topological polar surface area (TPSA) is 0 Å². The number of rotatable bonds is 8. The van der Waals surface area contributed by atoms with Gasteiger partial charge in [-0.2, -0.15) is 0 Å². The Morgan fingerprint density at radius 1 is 1.19 bits per heavy atom. The molecule has 0 bridgehead atoms. The zero-order valence-electron chi connectivity index (χ0n) is 11.5. The highest BCUT2D eigenvalue weighted by Gasteiger charge is 2.02. The highest BCUT2D eigenvalue weighted by Crippen LogP contribution is 2.18. The second-order valence-corrected chi connectivity index (χ2v) is 4.79. The molecule has 16 heavy (non-hydrogen) atoms. The third kappa shape index (κ3) is 7.50. The summed E-state index contributed by atoms with van der Waals surface area (Å²) in [5.74, 6) is 1.36. The van der Waals surface area contributed by atoms with Crippen molar-refractivity contribution in [2.24, 2.45) is 11.8 Å². The lowest BCUT2D eigenvalue weighted by atomic mass is 9.95. The first-order valence-electron chi connectivity index (χ1n) is 6.52. The van der Waals surface area contributed by atoms with Crippen LogP contribution in [0, 0.1) is 11.8 Å². The van der Waals surface area contributed by atoms with Crippen LogP contribution in [0.5, 0.6) is 0 Å². The number of hydrogen-bond donors (Lipinski definition) is 0. The summed E-state index contributed by atoms with van der Waals surface area (Å²) in [6.07, 6.45) is 13.7. The molecule has 0 heterocycles. The van der Waals surface area contributed by atoms with Crippen molar-refractivity contribution in [2.75, 3.05) is 0 Å². The molecule has 0 heteroatoms. The molecule has 0 fully saturated rings. The zero-order chi connectivity index (χ0) is 12.4. The molecule has 0 aromatic carbocycles. The van der Waals surface area contributed by atoms with Crippen LogP contribution >= 0.6 is 0 Å². The summed E-state index contributed by atoms with van der Waals surface area (Å²) in [6, 6.07) is 0. The third-order valence-electron chi connectivity index (χ3n) is 3.27. The van der Waals surface area contributed by atoms with Crippen molar-refractivity contribution >= 4 is 0 Å². The molecule has 0 aliphatic rings. The second-order valence-electron chi connectivity index (χ2n) is 4.79. The van der Waals surface area contributed by atoms with E-state index in [0.717, 1.165) is 5.92 Å². The highest BCUT2D eigenvalue weighted by molar-refractivity contribution is 5.02. The van der Waals surface area contributed by atoms with Crippen molar-refractivity contribution in [1.82, 2.24) is 0 Å². The van der Waals surface area contributed by atoms with E-state index in [0.29, 0.717) is 5.92 Å². The van der Waals surface area contributed by atoms with E-state index in [2.05, 4.69) is 52.5 Å². The fourth-order valence-electron chi connectivity index (χ4n) is 1.63. The summed E-state index contributed by atoms with van der Waals surface area (Å²) in [6.45, 7) is 12.7. The van der Waals surface area contributed by atoms with Gasteiger partial charge in [0.1, 0.15) is 0 Å². The highest BCUT2D eigenvalue weighted by atomic mass is 14.1. The van der Waals surface area contributed by atoms with Gasteiger partial charge in [0.2, 0.25) is 0 Å². The average molecular weight is 220 g/mol. The third-order valence-corrected chi connectivity index (χ3v) is 3.27. The van der Waals surface area contributed by atoms with E-state index in [-0.39, 0.29) is 0 Å². The molecule has 0 saturated carbocycles. The first kappa shape index (κ1) is 15.2. The van der Waals surface area contributed by atoms with Gasteiger partial charge in [-0.1, -0.05) is 43.7 Å². The molecule has 0 aliphatic carbocycles. The SMILES string of the molecule is C=CC(C)CCC=C(C)C(C)CCC=CC. The van der Waals surface area contributed by atoms with E-state index in [1.165, 1.54) is 25.7 Å². The summed E-state index contributed by atoms with van der Waals surface area (Å²) < 4.78 is 0. The van der Waals surface area contributed by atoms with Gasteiger partial charge in [-0.05, 0) is 51.4 Å². The first-order chi connectivity index (χ1) is 7.61. The van der Waals surface area contributed by atoms with Crippen molar-refractivity contribution in [3.8, 4) is 0 Å². The molecule has 0 saturated heterocycles. The molecule has 0 amide bonds. The second kappa shape index (κ2) is 9.45. The lowest BCUT2D eigenvalue weighted by Crippen LogP contribution is -1.96. The molecule has 2 atom stereocenters. The van der Waals surface area contributed by atoms with E-state index in [1.807, 2.05) is 6.08 Å². The van der Waals surface area contributed by atoms with Crippen LogP contribution < -0.4 is 0 Å². The summed E-state index contributed by atoms with van der Waals surface area (Å²) in [5.41, 5.74) is 1.54. The van der Waals surface area contributed by atoms with Gasteiger partial charge in [0.15, 0.2) is 0 Å². The lowest BCUT2D eigenvalue weighted by molar-refractivity contribution is 0.608. The van der Waals surface area contributed by atoms with Crippen molar-refractivity contribution in [2.45, 2.75) is 53.4 Å². The molecule has 92 valence electrons. The van der Waals surface area contributed by atoms with Gasteiger partial charge in [-0.15, -0.1) is 6.58 Å². The Kier molecular flexibility index (Phi) is 8.99. The van der Waals surface area contributed by atoms with Crippen molar-refractivity contribution in [3.05, 3.63) is 36.5 Å². The fourth-order valence-corrected chi connectivity index (χ4v) is 1.63.